The van der Waals surface area contributed by atoms with Gasteiger partial charge in [-0.25, -0.2) is 9.97 Å². The molecule has 5 heteroatoms. The number of benzene rings is 1. The molecule has 0 saturated heterocycles. The van der Waals surface area contributed by atoms with Crippen molar-refractivity contribution in [3.8, 4) is 0 Å². The molecule has 0 aliphatic heterocycles. The lowest BCUT2D eigenvalue weighted by Gasteiger charge is -2.24. The molecule has 1 saturated carbocycles. The third kappa shape index (κ3) is 3.03. The predicted molar refractivity (Wildman–Crippen MR) is 94.8 cm³/mol. The lowest BCUT2D eigenvalue weighted by Crippen LogP contribution is -2.23. The Hall–Kier alpha value is -1.94. The quantitative estimate of drug-likeness (QED) is 0.899. The summed E-state index contributed by atoms with van der Waals surface area (Å²) in [6.45, 7) is 0. The average molecular weight is 342 g/mol. The van der Waals surface area contributed by atoms with E-state index in [0.717, 1.165) is 22.7 Å². The second kappa shape index (κ2) is 6.52. The summed E-state index contributed by atoms with van der Waals surface area (Å²) in [5, 5.41) is 4.13. The first-order chi connectivity index (χ1) is 11.7. The van der Waals surface area contributed by atoms with Gasteiger partial charge in [0.2, 0.25) is 5.95 Å². The van der Waals surface area contributed by atoms with Crippen LogP contribution in [0.15, 0.2) is 30.5 Å². The molecule has 2 aliphatic rings. The predicted octanol–water partition coefficient (Wildman–Crippen LogP) is 4.40. The van der Waals surface area contributed by atoms with Gasteiger partial charge in [-0.15, -0.1) is 0 Å². The molecule has 0 amide bonds. The van der Waals surface area contributed by atoms with Crippen LogP contribution in [-0.2, 0) is 6.42 Å². The Morgan fingerprint density at radius 3 is 2.71 bits per heavy atom. The van der Waals surface area contributed by atoms with Crippen LogP contribution in [0.4, 0.5) is 5.95 Å². The molecule has 0 radical (unpaired) electrons. The van der Waals surface area contributed by atoms with E-state index in [1.165, 1.54) is 25.7 Å². The van der Waals surface area contributed by atoms with Gasteiger partial charge in [-0.3, -0.25) is 4.79 Å². The maximum atomic E-state index is 12.5. The van der Waals surface area contributed by atoms with Crippen molar-refractivity contribution in [2.45, 2.75) is 50.5 Å². The van der Waals surface area contributed by atoms with Crippen molar-refractivity contribution in [3.63, 3.8) is 0 Å². The van der Waals surface area contributed by atoms with E-state index in [0.29, 0.717) is 24.0 Å². The van der Waals surface area contributed by atoms with Crippen molar-refractivity contribution < 1.29 is 4.79 Å². The Balaban J connectivity index is 1.60. The van der Waals surface area contributed by atoms with Crippen LogP contribution in [0.25, 0.3) is 0 Å². The van der Waals surface area contributed by atoms with Crippen LogP contribution in [0.3, 0.4) is 0 Å². The van der Waals surface area contributed by atoms with Crippen LogP contribution in [0.5, 0.6) is 0 Å². The highest BCUT2D eigenvalue weighted by Crippen LogP contribution is 2.35. The number of rotatable bonds is 3. The number of halogens is 1. The first-order valence-corrected chi connectivity index (χ1v) is 8.98. The van der Waals surface area contributed by atoms with Gasteiger partial charge in [0.05, 0.1) is 11.3 Å². The number of carbonyl (C=O) groups is 1. The Morgan fingerprint density at radius 1 is 1.12 bits per heavy atom. The smallest absolute Gasteiger partial charge is 0.223 e. The molecular formula is C19H20ClN3O. The van der Waals surface area contributed by atoms with E-state index in [1.807, 2.05) is 24.3 Å². The summed E-state index contributed by atoms with van der Waals surface area (Å²) < 4.78 is 0. The standard InChI is InChI=1S/C19H20ClN3O/c20-16-8-4-3-7-14(16)12-9-17-15(18(24)10-12)11-21-19(23-17)22-13-5-1-2-6-13/h3-4,7-8,11-13H,1-2,5-6,9-10H2,(H,21,22,23)/t12-/m0/s1. The van der Waals surface area contributed by atoms with Gasteiger partial charge in [0.25, 0.3) is 0 Å². The van der Waals surface area contributed by atoms with Crippen LogP contribution < -0.4 is 5.32 Å². The van der Waals surface area contributed by atoms with Gasteiger partial charge in [0.1, 0.15) is 0 Å². The van der Waals surface area contributed by atoms with E-state index in [2.05, 4.69) is 15.3 Å². The number of nitrogens with one attached hydrogen (secondary N) is 1. The number of nitrogens with zero attached hydrogens (tertiary/aromatic N) is 2. The highest BCUT2D eigenvalue weighted by Gasteiger charge is 2.29. The van der Waals surface area contributed by atoms with Crippen molar-refractivity contribution in [1.29, 1.82) is 0 Å². The van der Waals surface area contributed by atoms with Crippen molar-refractivity contribution >= 4 is 23.3 Å². The van der Waals surface area contributed by atoms with Crippen molar-refractivity contribution in [2.75, 3.05) is 5.32 Å². The Labute approximate surface area is 146 Å². The van der Waals surface area contributed by atoms with Crippen molar-refractivity contribution in [2.24, 2.45) is 0 Å². The molecule has 0 spiro atoms. The molecule has 4 nitrogen and oxygen atoms in total. The number of fused-ring (bicyclic) bond motifs is 1. The van der Waals surface area contributed by atoms with Gasteiger partial charge in [-0.05, 0) is 36.8 Å². The fourth-order valence-electron chi connectivity index (χ4n) is 3.79. The Morgan fingerprint density at radius 2 is 1.92 bits per heavy atom. The monoisotopic (exact) mass is 341 g/mol. The molecule has 2 aliphatic carbocycles. The molecule has 1 atom stereocenters. The number of hydrogen-bond acceptors (Lipinski definition) is 4. The molecule has 124 valence electrons. The summed E-state index contributed by atoms with van der Waals surface area (Å²) in [6.07, 6.45) is 7.74. The number of anilines is 1. The third-order valence-corrected chi connectivity index (χ3v) is 5.42. The molecular weight excluding hydrogens is 322 g/mol. The topological polar surface area (TPSA) is 54.9 Å². The Bertz CT molecular complexity index is 771. The summed E-state index contributed by atoms with van der Waals surface area (Å²) in [6, 6.07) is 8.22. The average Bonchev–Trinajstić information content (AvgIpc) is 3.08. The number of hydrogen-bond donors (Lipinski definition) is 1. The third-order valence-electron chi connectivity index (χ3n) is 5.07. The van der Waals surface area contributed by atoms with Crippen LogP contribution in [-0.4, -0.2) is 21.8 Å². The lowest BCUT2D eigenvalue weighted by atomic mass is 9.82. The zero-order valence-electron chi connectivity index (χ0n) is 13.5. The summed E-state index contributed by atoms with van der Waals surface area (Å²) in [5.74, 6) is 0.842. The van der Waals surface area contributed by atoms with Crippen LogP contribution in [0.1, 0.15) is 59.6 Å². The highest BCUT2D eigenvalue weighted by molar-refractivity contribution is 6.31. The van der Waals surface area contributed by atoms with E-state index in [1.54, 1.807) is 6.20 Å². The number of aromatic nitrogens is 2. The highest BCUT2D eigenvalue weighted by atomic mass is 35.5. The lowest BCUT2D eigenvalue weighted by molar-refractivity contribution is 0.0963. The largest absolute Gasteiger partial charge is 0.351 e. The minimum atomic E-state index is 0.0907. The van der Waals surface area contributed by atoms with Crippen molar-refractivity contribution in [3.05, 3.63) is 52.3 Å². The molecule has 1 N–H and O–H groups in total. The number of ketones is 1. The normalized spacial score (nSPS) is 20.9. The first-order valence-electron chi connectivity index (χ1n) is 8.61. The SMILES string of the molecule is O=C1C[C@@H](c2ccccc2Cl)Cc2nc(NC3CCCC3)ncc21. The molecule has 2 aromatic rings. The maximum Gasteiger partial charge on any atom is 0.223 e. The van der Waals surface area contributed by atoms with Crippen LogP contribution in [0.2, 0.25) is 5.02 Å². The number of Topliss-reactive ketones (excluding diaryl/α,β-unsaturated/α-hetero) is 1. The maximum absolute atomic E-state index is 12.5. The van der Waals surface area contributed by atoms with Gasteiger partial charge < -0.3 is 5.32 Å². The minimum absolute atomic E-state index is 0.0907. The van der Waals surface area contributed by atoms with E-state index in [4.69, 9.17) is 11.6 Å². The molecule has 1 fully saturated rings. The van der Waals surface area contributed by atoms with E-state index in [-0.39, 0.29) is 11.7 Å². The van der Waals surface area contributed by atoms with E-state index < -0.39 is 0 Å². The van der Waals surface area contributed by atoms with Gasteiger partial charge >= 0.3 is 0 Å². The fraction of sp³-hybridized carbons (Fsp3) is 0.421. The van der Waals surface area contributed by atoms with E-state index >= 15 is 0 Å². The molecule has 0 unspecified atom stereocenters. The molecule has 0 bridgehead atoms. The second-order valence-electron chi connectivity index (χ2n) is 6.73. The van der Waals surface area contributed by atoms with Crippen LogP contribution in [0, 0.1) is 0 Å². The first kappa shape index (κ1) is 15.6. The van der Waals surface area contributed by atoms with Crippen LogP contribution >= 0.6 is 11.6 Å². The van der Waals surface area contributed by atoms with Gasteiger partial charge in [-0.1, -0.05) is 42.6 Å². The summed E-state index contributed by atoms with van der Waals surface area (Å²) >= 11 is 6.32. The van der Waals surface area contributed by atoms with Gasteiger partial charge in [0.15, 0.2) is 5.78 Å². The summed E-state index contributed by atoms with van der Waals surface area (Å²) in [5.41, 5.74) is 2.53. The van der Waals surface area contributed by atoms with Crippen molar-refractivity contribution in [1.82, 2.24) is 9.97 Å². The number of carbonyl (C=O) groups excluding carboxylic acids is 1. The molecule has 24 heavy (non-hydrogen) atoms. The molecule has 4 rings (SSSR count). The summed E-state index contributed by atoms with van der Waals surface area (Å²) in [7, 11) is 0. The van der Waals surface area contributed by atoms with Gasteiger partial charge in [0, 0.05) is 23.7 Å². The van der Waals surface area contributed by atoms with E-state index in [9.17, 15) is 4.79 Å². The second-order valence-corrected chi connectivity index (χ2v) is 7.14. The minimum Gasteiger partial charge on any atom is -0.351 e. The zero-order chi connectivity index (χ0) is 16.5. The summed E-state index contributed by atoms with van der Waals surface area (Å²) in [4.78, 5) is 21.5. The Kier molecular flexibility index (Phi) is 4.23. The molecule has 1 heterocycles. The van der Waals surface area contributed by atoms with Gasteiger partial charge in [-0.2, -0.15) is 0 Å². The fourth-order valence-corrected chi connectivity index (χ4v) is 4.08. The molecule has 1 aromatic heterocycles. The molecule has 1 aromatic carbocycles. The zero-order valence-corrected chi connectivity index (χ0v) is 14.2.